The molecular weight excluding hydrogens is 301 g/mol. The van der Waals surface area contributed by atoms with E-state index in [9.17, 15) is 0 Å². The Labute approximate surface area is 102 Å². The Kier molecular flexibility index (Phi) is 3.06. The number of benzene rings is 1. The lowest BCUT2D eigenvalue weighted by atomic mass is 10.1. The second-order valence-corrected chi connectivity index (χ2v) is 4.70. The number of hydrogen-bond donors (Lipinski definition) is 1. The second-order valence-electron chi connectivity index (χ2n) is 3.45. The first kappa shape index (κ1) is 10.6. The Balaban J connectivity index is 2.52. The predicted molar refractivity (Wildman–Crippen MR) is 68.9 cm³/mol. The molecule has 15 heavy (non-hydrogen) atoms. The SMILES string of the molecule is CC(N)c1ccccc1-n1cc(I)cn1. The van der Waals surface area contributed by atoms with E-state index < -0.39 is 0 Å². The number of halogens is 1. The van der Waals surface area contributed by atoms with Crippen LogP contribution in [0, 0.1) is 3.57 Å². The Morgan fingerprint density at radius 2 is 2.13 bits per heavy atom. The van der Waals surface area contributed by atoms with Crippen LogP contribution in [0.25, 0.3) is 5.69 Å². The third-order valence-electron chi connectivity index (χ3n) is 2.23. The van der Waals surface area contributed by atoms with Gasteiger partial charge in [-0.15, -0.1) is 0 Å². The van der Waals surface area contributed by atoms with Gasteiger partial charge in [0.1, 0.15) is 0 Å². The van der Waals surface area contributed by atoms with Crippen LogP contribution in [0.1, 0.15) is 18.5 Å². The Morgan fingerprint density at radius 3 is 2.73 bits per heavy atom. The minimum absolute atomic E-state index is 0.0167. The van der Waals surface area contributed by atoms with E-state index in [2.05, 4.69) is 27.7 Å². The van der Waals surface area contributed by atoms with Crippen molar-refractivity contribution in [2.75, 3.05) is 0 Å². The normalized spacial score (nSPS) is 12.7. The molecule has 2 N–H and O–H groups in total. The van der Waals surface area contributed by atoms with Crippen molar-refractivity contribution in [3.05, 3.63) is 45.8 Å². The van der Waals surface area contributed by atoms with Crippen molar-refractivity contribution in [1.29, 1.82) is 0 Å². The van der Waals surface area contributed by atoms with Gasteiger partial charge in [-0.3, -0.25) is 0 Å². The van der Waals surface area contributed by atoms with Crippen LogP contribution in [-0.4, -0.2) is 9.78 Å². The van der Waals surface area contributed by atoms with Crippen LogP contribution < -0.4 is 5.73 Å². The van der Waals surface area contributed by atoms with Crippen molar-refractivity contribution in [2.45, 2.75) is 13.0 Å². The van der Waals surface area contributed by atoms with Crippen molar-refractivity contribution in [1.82, 2.24) is 9.78 Å². The third-order valence-corrected chi connectivity index (χ3v) is 2.78. The maximum Gasteiger partial charge on any atom is 0.0693 e. The van der Waals surface area contributed by atoms with Crippen molar-refractivity contribution >= 4 is 22.6 Å². The molecule has 0 amide bonds. The fourth-order valence-electron chi connectivity index (χ4n) is 1.51. The molecule has 2 rings (SSSR count). The Morgan fingerprint density at radius 1 is 1.40 bits per heavy atom. The molecule has 0 saturated heterocycles. The van der Waals surface area contributed by atoms with E-state index in [1.165, 1.54) is 0 Å². The summed E-state index contributed by atoms with van der Waals surface area (Å²) < 4.78 is 2.98. The highest BCUT2D eigenvalue weighted by atomic mass is 127. The Hall–Kier alpha value is -0.880. The summed E-state index contributed by atoms with van der Waals surface area (Å²) >= 11 is 2.24. The summed E-state index contributed by atoms with van der Waals surface area (Å²) in [5.41, 5.74) is 8.08. The number of nitrogens with two attached hydrogens (primary N) is 1. The van der Waals surface area contributed by atoms with Gasteiger partial charge in [0.25, 0.3) is 0 Å². The quantitative estimate of drug-likeness (QED) is 0.866. The maximum absolute atomic E-state index is 5.92. The largest absolute Gasteiger partial charge is 0.324 e. The van der Waals surface area contributed by atoms with Crippen LogP contribution in [0.3, 0.4) is 0 Å². The molecule has 0 aliphatic heterocycles. The molecular formula is C11H12IN3. The number of para-hydroxylation sites is 1. The Bertz CT molecular complexity index is 462. The van der Waals surface area contributed by atoms with E-state index >= 15 is 0 Å². The van der Waals surface area contributed by atoms with E-state index in [4.69, 9.17) is 5.73 Å². The first-order chi connectivity index (χ1) is 7.18. The van der Waals surface area contributed by atoms with Gasteiger partial charge >= 0.3 is 0 Å². The van der Waals surface area contributed by atoms with Gasteiger partial charge in [-0.05, 0) is 41.1 Å². The molecule has 0 spiro atoms. The fraction of sp³-hybridized carbons (Fsp3) is 0.182. The zero-order chi connectivity index (χ0) is 10.8. The van der Waals surface area contributed by atoms with Gasteiger partial charge in [0.15, 0.2) is 0 Å². The first-order valence-corrected chi connectivity index (χ1v) is 5.81. The van der Waals surface area contributed by atoms with Crippen LogP contribution in [0.5, 0.6) is 0 Å². The fourth-order valence-corrected chi connectivity index (χ4v) is 1.90. The lowest BCUT2D eigenvalue weighted by molar-refractivity contribution is 0.781. The van der Waals surface area contributed by atoms with Crippen molar-refractivity contribution in [3.8, 4) is 5.69 Å². The topological polar surface area (TPSA) is 43.8 Å². The highest BCUT2D eigenvalue weighted by Crippen LogP contribution is 2.19. The summed E-state index contributed by atoms with van der Waals surface area (Å²) in [6.45, 7) is 1.98. The first-order valence-electron chi connectivity index (χ1n) is 4.73. The van der Waals surface area contributed by atoms with Gasteiger partial charge in [-0.2, -0.15) is 5.10 Å². The molecule has 0 aliphatic carbocycles. The monoisotopic (exact) mass is 313 g/mol. The van der Waals surface area contributed by atoms with E-state index in [-0.39, 0.29) is 6.04 Å². The summed E-state index contributed by atoms with van der Waals surface area (Å²) in [6, 6.07) is 8.07. The van der Waals surface area contributed by atoms with E-state index in [1.807, 2.05) is 48.3 Å². The molecule has 0 saturated carbocycles. The molecule has 1 atom stereocenters. The lowest BCUT2D eigenvalue weighted by Crippen LogP contribution is -2.09. The summed E-state index contributed by atoms with van der Waals surface area (Å²) in [5, 5.41) is 4.28. The van der Waals surface area contributed by atoms with E-state index in [0.29, 0.717) is 0 Å². The van der Waals surface area contributed by atoms with Gasteiger partial charge in [0, 0.05) is 12.2 Å². The van der Waals surface area contributed by atoms with Gasteiger partial charge in [0.2, 0.25) is 0 Å². The molecule has 3 nitrogen and oxygen atoms in total. The highest BCUT2D eigenvalue weighted by Gasteiger charge is 2.08. The molecule has 0 aliphatic rings. The molecule has 2 aromatic rings. The van der Waals surface area contributed by atoms with Crippen LogP contribution in [0.2, 0.25) is 0 Å². The summed E-state index contributed by atoms with van der Waals surface area (Å²) in [7, 11) is 0. The van der Waals surface area contributed by atoms with Gasteiger partial charge < -0.3 is 5.73 Å². The van der Waals surface area contributed by atoms with Gasteiger partial charge in [-0.25, -0.2) is 4.68 Å². The molecule has 0 radical (unpaired) electrons. The molecule has 78 valence electrons. The zero-order valence-electron chi connectivity index (χ0n) is 8.39. The summed E-state index contributed by atoms with van der Waals surface area (Å²) in [4.78, 5) is 0. The molecule has 1 aromatic carbocycles. The standard InChI is InChI=1S/C11H12IN3/c1-8(13)10-4-2-3-5-11(10)15-7-9(12)6-14-15/h2-8H,13H2,1H3. The van der Waals surface area contributed by atoms with Crippen molar-refractivity contribution in [3.63, 3.8) is 0 Å². The van der Waals surface area contributed by atoms with Crippen LogP contribution in [0.4, 0.5) is 0 Å². The lowest BCUT2D eigenvalue weighted by Gasteiger charge is -2.11. The third kappa shape index (κ3) is 2.21. The van der Waals surface area contributed by atoms with Crippen LogP contribution in [0.15, 0.2) is 36.7 Å². The molecule has 4 heteroatoms. The summed E-state index contributed by atoms with van der Waals surface area (Å²) in [5.74, 6) is 0. The van der Waals surface area contributed by atoms with Crippen LogP contribution >= 0.6 is 22.6 Å². The zero-order valence-corrected chi connectivity index (χ0v) is 10.5. The molecule has 1 aromatic heterocycles. The number of aromatic nitrogens is 2. The predicted octanol–water partition coefficient (Wildman–Crippen LogP) is 2.50. The van der Waals surface area contributed by atoms with Gasteiger partial charge in [0.05, 0.1) is 15.5 Å². The maximum atomic E-state index is 5.92. The van der Waals surface area contributed by atoms with Crippen molar-refractivity contribution < 1.29 is 0 Å². The second kappa shape index (κ2) is 4.32. The van der Waals surface area contributed by atoms with Crippen LogP contribution in [-0.2, 0) is 0 Å². The molecule has 1 unspecified atom stereocenters. The van der Waals surface area contributed by atoms with E-state index in [0.717, 1.165) is 14.8 Å². The summed E-state index contributed by atoms with van der Waals surface area (Å²) in [6.07, 6.45) is 3.82. The van der Waals surface area contributed by atoms with E-state index in [1.54, 1.807) is 0 Å². The van der Waals surface area contributed by atoms with Crippen molar-refractivity contribution in [2.24, 2.45) is 5.73 Å². The average molecular weight is 313 g/mol. The molecule has 0 bridgehead atoms. The number of rotatable bonds is 2. The average Bonchev–Trinajstić information content (AvgIpc) is 2.65. The minimum atomic E-state index is 0.0167. The highest BCUT2D eigenvalue weighted by molar-refractivity contribution is 14.1. The van der Waals surface area contributed by atoms with Gasteiger partial charge in [-0.1, -0.05) is 18.2 Å². The molecule has 0 fully saturated rings. The smallest absolute Gasteiger partial charge is 0.0693 e. The number of nitrogens with zero attached hydrogens (tertiary/aromatic N) is 2. The molecule has 1 heterocycles. The number of hydrogen-bond acceptors (Lipinski definition) is 2. The minimum Gasteiger partial charge on any atom is -0.324 e.